The Labute approximate surface area is 186 Å². The second kappa shape index (κ2) is 16.7. The Morgan fingerprint density at radius 1 is 0.562 bits per heavy atom. The van der Waals surface area contributed by atoms with E-state index in [0.717, 1.165) is 0 Å². The van der Waals surface area contributed by atoms with Gasteiger partial charge in [-0.25, -0.2) is 9.59 Å². The lowest BCUT2D eigenvalue weighted by molar-refractivity contribution is -0.0136. The van der Waals surface area contributed by atoms with Gasteiger partial charge in [0.15, 0.2) is 0 Å². The van der Waals surface area contributed by atoms with Crippen LogP contribution in [-0.2, 0) is 28.4 Å². The van der Waals surface area contributed by atoms with Gasteiger partial charge in [-0.05, 0) is 24.3 Å². The Bertz CT molecular complexity index is 696. The van der Waals surface area contributed by atoms with Gasteiger partial charge in [-0.2, -0.15) is 0 Å². The molecule has 0 radical (unpaired) electrons. The fourth-order valence-corrected chi connectivity index (χ4v) is 2.28. The highest BCUT2D eigenvalue weighted by Crippen LogP contribution is 1.99. The summed E-state index contributed by atoms with van der Waals surface area (Å²) in [5.74, 6) is -0.852. The number of aromatic nitrogens is 2. The molecule has 2 heterocycles. The van der Waals surface area contributed by atoms with Crippen LogP contribution in [0.1, 0.15) is 20.7 Å². The highest BCUT2D eigenvalue weighted by atomic mass is 16.6. The van der Waals surface area contributed by atoms with Crippen molar-refractivity contribution in [2.45, 2.75) is 0 Å². The highest BCUT2D eigenvalue weighted by Gasteiger charge is 2.06. The molecule has 0 bridgehead atoms. The van der Waals surface area contributed by atoms with E-state index in [4.69, 9.17) is 28.4 Å². The average Bonchev–Trinajstić information content (AvgIpc) is 2.84. The predicted molar refractivity (Wildman–Crippen MR) is 112 cm³/mol. The molecule has 0 aromatic carbocycles. The van der Waals surface area contributed by atoms with E-state index in [1.807, 2.05) is 0 Å². The summed E-state index contributed by atoms with van der Waals surface area (Å²) >= 11 is 0. The number of hydrogen-bond acceptors (Lipinski definition) is 10. The topological polar surface area (TPSA) is 115 Å². The zero-order valence-electron chi connectivity index (χ0n) is 17.9. The number of rotatable bonds is 17. The molecule has 0 aliphatic rings. The Balaban J connectivity index is 1.29. The van der Waals surface area contributed by atoms with Crippen LogP contribution in [-0.4, -0.2) is 88.0 Å². The van der Waals surface area contributed by atoms with Crippen LogP contribution < -0.4 is 0 Å². The molecule has 2 aromatic rings. The van der Waals surface area contributed by atoms with Gasteiger partial charge in [0, 0.05) is 24.8 Å². The van der Waals surface area contributed by atoms with E-state index in [9.17, 15) is 9.59 Å². The molecule has 0 atom stereocenters. The average molecular weight is 448 g/mol. The summed E-state index contributed by atoms with van der Waals surface area (Å²) < 4.78 is 31.5. The van der Waals surface area contributed by atoms with Crippen molar-refractivity contribution in [1.82, 2.24) is 9.97 Å². The molecule has 0 unspecified atom stereocenters. The largest absolute Gasteiger partial charge is 0.460 e. The van der Waals surface area contributed by atoms with Crippen molar-refractivity contribution in [3.05, 3.63) is 60.2 Å². The van der Waals surface area contributed by atoms with E-state index in [1.165, 1.54) is 12.4 Å². The van der Waals surface area contributed by atoms with Crippen molar-refractivity contribution in [2.24, 2.45) is 0 Å². The maximum Gasteiger partial charge on any atom is 0.339 e. The van der Waals surface area contributed by atoms with Crippen molar-refractivity contribution in [3.63, 3.8) is 0 Å². The van der Waals surface area contributed by atoms with Crippen molar-refractivity contribution in [2.75, 3.05) is 66.1 Å². The molecule has 0 amide bonds. The number of hydrogen-bond donors (Lipinski definition) is 0. The smallest absolute Gasteiger partial charge is 0.339 e. The van der Waals surface area contributed by atoms with Gasteiger partial charge < -0.3 is 28.4 Å². The van der Waals surface area contributed by atoms with Gasteiger partial charge in [0.25, 0.3) is 0 Å². The Morgan fingerprint density at radius 3 is 1.22 bits per heavy atom. The van der Waals surface area contributed by atoms with Crippen LogP contribution in [0.5, 0.6) is 0 Å². The fourth-order valence-electron chi connectivity index (χ4n) is 2.28. The molecule has 0 spiro atoms. The van der Waals surface area contributed by atoms with E-state index < -0.39 is 11.9 Å². The fraction of sp³-hybridized carbons (Fsp3) is 0.455. The zero-order valence-corrected chi connectivity index (χ0v) is 17.9. The first kappa shape index (κ1) is 25.3. The van der Waals surface area contributed by atoms with Crippen LogP contribution >= 0.6 is 0 Å². The lowest BCUT2D eigenvalue weighted by Crippen LogP contribution is -2.15. The SMILES string of the molecule is O=C(OCCOCCOCCOCCOCCOC(=O)c1cccnc1)c1cccnc1. The van der Waals surface area contributed by atoms with Crippen LogP contribution in [0.15, 0.2) is 49.1 Å². The van der Waals surface area contributed by atoms with Crippen LogP contribution in [0.25, 0.3) is 0 Å². The minimum atomic E-state index is -0.426. The summed E-state index contributed by atoms with van der Waals surface area (Å²) in [5, 5.41) is 0. The third kappa shape index (κ3) is 11.5. The number of esters is 2. The molecule has 32 heavy (non-hydrogen) atoms. The Kier molecular flexibility index (Phi) is 13.3. The summed E-state index contributed by atoms with van der Waals surface area (Å²) in [4.78, 5) is 31.1. The molecule has 0 aliphatic carbocycles. The molecule has 2 rings (SSSR count). The Hall–Kier alpha value is -2.92. The van der Waals surface area contributed by atoms with Gasteiger partial charge in [0.1, 0.15) is 13.2 Å². The van der Waals surface area contributed by atoms with E-state index >= 15 is 0 Å². The third-order valence-electron chi connectivity index (χ3n) is 3.83. The lowest BCUT2D eigenvalue weighted by Gasteiger charge is -2.08. The maximum absolute atomic E-state index is 11.7. The van der Waals surface area contributed by atoms with Crippen molar-refractivity contribution in [1.29, 1.82) is 0 Å². The molecule has 0 saturated heterocycles. The second-order valence-electron chi connectivity index (χ2n) is 6.20. The molecule has 0 N–H and O–H groups in total. The van der Waals surface area contributed by atoms with Crippen molar-refractivity contribution in [3.8, 4) is 0 Å². The number of nitrogens with zero attached hydrogens (tertiary/aromatic N) is 2. The monoisotopic (exact) mass is 448 g/mol. The zero-order chi connectivity index (χ0) is 22.7. The molecule has 10 heteroatoms. The van der Waals surface area contributed by atoms with Crippen LogP contribution in [0, 0.1) is 0 Å². The summed E-state index contributed by atoms with van der Waals surface area (Å²) in [7, 11) is 0. The van der Waals surface area contributed by atoms with E-state index in [2.05, 4.69) is 9.97 Å². The summed E-state index contributed by atoms with van der Waals surface area (Å²) in [6.45, 7) is 3.40. The molecular formula is C22H28N2O8. The first-order valence-corrected chi connectivity index (χ1v) is 10.2. The maximum atomic E-state index is 11.7. The van der Waals surface area contributed by atoms with Gasteiger partial charge in [-0.3, -0.25) is 9.97 Å². The lowest BCUT2D eigenvalue weighted by atomic mass is 10.3. The number of carbonyl (C=O) groups excluding carboxylic acids is 2. The second-order valence-corrected chi connectivity index (χ2v) is 6.20. The standard InChI is InChI=1S/C22H28N2O8/c25-21(19-3-1-5-23-17-19)31-15-13-29-11-9-27-7-8-28-10-12-30-14-16-32-22(26)20-4-2-6-24-18-20/h1-6,17-18H,7-16H2. The van der Waals surface area contributed by atoms with E-state index in [0.29, 0.717) is 64.0 Å². The minimum absolute atomic E-state index is 0.166. The highest BCUT2D eigenvalue weighted by molar-refractivity contribution is 5.89. The number of ether oxygens (including phenoxy) is 6. The van der Waals surface area contributed by atoms with Crippen LogP contribution in [0.4, 0.5) is 0 Å². The first-order chi connectivity index (χ1) is 15.8. The van der Waals surface area contributed by atoms with E-state index in [1.54, 1.807) is 36.7 Å². The van der Waals surface area contributed by atoms with Crippen molar-refractivity contribution < 1.29 is 38.0 Å². The first-order valence-electron chi connectivity index (χ1n) is 10.2. The van der Waals surface area contributed by atoms with Crippen molar-refractivity contribution >= 4 is 11.9 Å². The predicted octanol–water partition coefficient (Wildman–Crippen LogP) is 1.56. The molecule has 0 saturated carbocycles. The van der Waals surface area contributed by atoms with Gasteiger partial charge in [-0.15, -0.1) is 0 Å². The van der Waals surface area contributed by atoms with Crippen LogP contribution in [0.3, 0.4) is 0 Å². The molecule has 2 aromatic heterocycles. The van der Waals surface area contributed by atoms with Crippen LogP contribution in [0.2, 0.25) is 0 Å². The molecular weight excluding hydrogens is 420 g/mol. The van der Waals surface area contributed by atoms with Gasteiger partial charge in [0.2, 0.25) is 0 Å². The van der Waals surface area contributed by atoms with Gasteiger partial charge in [-0.1, -0.05) is 0 Å². The summed E-state index contributed by atoms with van der Waals surface area (Å²) in [6.07, 6.45) is 6.08. The van der Waals surface area contributed by atoms with Gasteiger partial charge >= 0.3 is 11.9 Å². The molecule has 174 valence electrons. The van der Waals surface area contributed by atoms with Gasteiger partial charge in [0.05, 0.1) is 64.0 Å². The normalized spacial score (nSPS) is 10.6. The van der Waals surface area contributed by atoms with E-state index in [-0.39, 0.29) is 13.2 Å². The third-order valence-corrected chi connectivity index (χ3v) is 3.83. The molecule has 0 aliphatic heterocycles. The number of pyridine rings is 2. The minimum Gasteiger partial charge on any atom is -0.460 e. The quantitative estimate of drug-likeness (QED) is 0.261. The summed E-state index contributed by atoms with van der Waals surface area (Å²) in [6, 6.07) is 6.62. The number of carbonyl (C=O) groups is 2. The summed E-state index contributed by atoms with van der Waals surface area (Å²) in [5.41, 5.74) is 0.816. The molecule has 0 fully saturated rings. The molecule has 10 nitrogen and oxygen atoms in total. The Morgan fingerprint density at radius 2 is 0.906 bits per heavy atom.